The quantitative estimate of drug-likeness (QED) is 0.210. The van der Waals surface area contributed by atoms with Crippen LogP contribution in [0, 0.1) is 16.9 Å². The van der Waals surface area contributed by atoms with Crippen molar-refractivity contribution in [3.8, 4) is 11.9 Å². The molecule has 1 saturated heterocycles. The molecule has 10 heteroatoms. The van der Waals surface area contributed by atoms with Crippen LogP contribution in [0.1, 0.15) is 24.0 Å². The first-order valence-corrected chi connectivity index (χ1v) is 11.6. The molecule has 0 bridgehead atoms. The number of carbonyl (C=O) groups excluding carboxylic acids is 1. The Labute approximate surface area is 209 Å². The van der Waals surface area contributed by atoms with Gasteiger partial charge < -0.3 is 20.4 Å². The van der Waals surface area contributed by atoms with Gasteiger partial charge in [-0.15, -0.1) is 0 Å². The molecule has 3 rings (SSSR count). The first-order chi connectivity index (χ1) is 16.4. The van der Waals surface area contributed by atoms with E-state index in [-0.39, 0.29) is 24.1 Å². The van der Waals surface area contributed by atoms with Crippen molar-refractivity contribution in [1.29, 1.82) is 10.7 Å². The van der Waals surface area contributed by atoms with Crippen LogP contribution >= 0.6 is 23.2 Å². The molecule has 8 nitrogen and oxygen atoms in total. The summed E-state index contributed by atoms with van der Waals surface area (Å²) in [5.41, 5.74) is 1.80. The van der Waals surface area contributed by atoms with Gasteiger partial charge in [0.1, 0.15) is 5.75 Å². The predicted octanol–water partition coefficient (Wildman–Crippen LogP) is 3.62. The molecular weight excluding hydrogens is 475 g/mol. The lowest BCUT2D eigenvalue weighted by Gasteiger charge is -2.27. The maximum absolute atomic E-state index is 12.5. The second kappa shape index (κ2) is 12.3. The third kappa shape index (κ3) is 6.40. The van der Waals surface area contributed by atoms with Crippen molar-refractivity contribution in [2.75, 3.05) is 26.7 Å². The molecule has 2 aromatic carbocycles. The zero-order valence-corrected chi connectivity index (χ0v) is 20.3. The van der Waals surface area contributed by atoms with Crippen LogP contribution in [0.3, 0.4) is 0 Å². The SMILES string of the molecule is COc1ccccc1CCNC(=NCC(C(=N)c1ccc(Cl)c(Cl)c1)N1CCCC1=O)NC#N. The summed E-state index contributed by atoms with van der Waals surface area (Å²) in [6, 6.07) is 12.1. The maximum atomic E-state index is 12.5. The molecule has 2 aromatic rings. The van der Waals surface area contributed by atoms with Gasteiger partial charge in [-0.3, -0.25) is 10.1 Å². The monoisotopic (exact) mass is 500 g/mol. The summed E-state index contributed by atoms with van der Waals surface area (Å²) in [5, 5.41) is 24.3. The average Bonchev–Trinajstić information content (AvgIpc) is 3.26. The van der Waals surface area contributed by atoms with Crippen LogP contribution in [0.2, 0.25) is 10.0 Å². The molecule has 0 aromatic heterocycles. The molecule has 0 aliphatic carbocycles. The second-order valence-electron chi connectivity index (χ2n) is 7.66. The molecule has 1 fully saturated rings. The summed E-state index contributed by atoms with van der Waals surface area (Å²) in [7, 11) is 1.62. The largest absolute Gasteiger partial charge is 0.496 e. The molecule has 0 spiro atoms. The van der Waals surface area contributed by atoms with Crippen molar-refractivity contribution in [2.24, 2.45) is 4.99 Å². The fourth-order valence-corrected chi connectivity index (χ4v) is 4.09. The summed E-state index contributed by atoms with van der Waals surface area (Å²) in [5.74, 6) is 1.04. The van der Waals surface area contributed by atoms with Crippen LogP contribution in [0.5, 0.6) is 5.75 Å². The smallest absolute Gasteiger partial charge is 0.223 e. The summed E-state index contributed by atoms with van der Waals surface area (Å²) in [6.45, 7) is 1.16. The standard InChI is InChI=1S/C24H26Cl2N6O2/c1-34-21-6-3-2-5-16(21)10-11-29-24(31-15-27)30-14-20(32-12-4-7-22(32)33)23(28)17-8-9-18(25)19(26)13-17/h2-3,5-6,8-9,13,20,28H,4,7,10-12,14H2,1H3,(H2,29,30,31). The van der Waals surface area contributed by atoms with E-state index in [1.165, 1.54) is 0 Å². The molecule has 178 valence electrons. The summed E-state index contributed by atoms with van der Waals surface area (Å²) < 4.78 is 5.38. The molecule has 0 saturated carbocycles. The van der Waals surface area contributed by atoms with Gasteiger partial charge >= 0.3 is 0 Å². The van der Waals surface area contributed by atoms with Crippen LogP contribution in [0.4, 0.5) is 0 Å². The number of rotatable bonds is 9. The number of para-hydroxylation sites is 1. The molecule has 1 unspecified atom stereocenters. The number of halogens is 2. The number of benzene rings is 2. The molecule has 1 aliphatic heterocycles. The van der Waals surface area contributed by atoms with E-state index in [1.54, 1.807) is 30.2 Å². The van der Waals surface area contributed by atoms with Gasteiger partial charge in [0.25, 0.3) is 0 Å². The van der Waals surface area contributed by atoms with E-state index < -0.39 is 6.04 Å². The molecule has 1 atom stereocenters. The van der Waals surface area contributed by atoms with Crippen molar-refractivity contribution in [1.82, 2.24) is 15.5 Å². The Morgan fingerprint density at radius 1 is 1.29 bits per heavy atom. The van der Waals surface area contributed by atoms with Crippen LogP contribution < -0.4 is 15.4 Å². The van der Waals surface area contributed by atoms with E-state index in [0.717, 1.165) is 17.7 Å². The first kappa shape index (κ1) is 25.3. The lowest BCUT2D eigenvalue weighted by molar-refractivity contribution is -0.128. The van der Waals surface area contributed by atoms with Crippen LogP contribution in [0.15, 0.2) is 47.5 Å². The number of hydrogen-bond donors (Lipinski definition) is 3. The molecule has 0 radical (unpaired) electrons. The van der Waals surface area contributed by atoms with Crippen LogP contribution in [-0.2, 0) is 11.2 Å². The van der Waals surface area contributed by atoms with Gasteiger partial charge in [0.05, 0.1) is 35.5 Å². The minimum absolute atomic E-state index is 0.0241. The minimum atomic E-state index is -0.598. The second-order valence-corrected chi connectivity index (χ2v) is 8.48. The zero-order chi connectivity index (χ0) is 24.5. The van der Waals surface area contributed by atoms with Crippen molar-refractivity contribution >= 4 is 40.8 Å². The van der Waals surface area contributed by atoms with Crippen molar-refractivity contribution in [3.63, 3.8) is 0 Å². The third-order valence-corrected chi connectivity index (χ3v) is 6.27. The predicted molar refractivity (Wildman–Crippen MR) is 134 cm³/mol. The molecule has 34 heavy (non-hydrogen) atoms. The Hall–Kier alpha value is -3.28. The fraction of sp³-hybridized carbons (Fsp3) is 0.333. The Kier molecular flexibility index (Phi) is 9.14. The normalized spacial score (nSPS) is 14.5. The molecule has 1 amide bonds. The number of amides is 1. The van der Waals surface area contributed by atoms with E-state index >= 15 is 0 Å². The summed E-state index contributed by atoms with van der Waals surface area (Å²) in [4.78, 5) is 18.6. The zero-order valence-electron chi connectivity index (χ0n) is 18.8. The average molecular weight is 501 g/mol. The van der Waals surface area contributed by atoms with Gasteiger partial charge in [0, 0.05) is 19.5 Å². The van der Waals surface area contributed by atoms with Gasteiger partial charge in [0.2, 0.25) is 11.9 Å². The van der Waals surface area contributed by atoms with Crippen molar-refractivity contribution in [3.05, 3.63) is 63.6 Å². The Morgan fingerprint density at radius 3 is 2.76 bits per heavy atom. The van der Waals surface area contributed by atoms with Crippen molar-refractivity contribution < 1.29 is 9.53 Å². The Bertz CT molecular complexity index is 1110. The number of nitrogens with zero attached hydrogens (tertiary/aromatic N) is 3. The number of methoxy groups -OCH3 is 1. The van der Waals surface area contributed by atoms with Crippen molar-refractivity contribution in [2.45, 2.75) is 25.3 Å². The number of nitrogens with one attached hydrogen (secondary N) is 3. The highest BCUT2D eigenvalue weighted by molar-refractivity contribution is 6.42. The van der Waals surface area contributed by atoms with Gasteiger partial charge in [-0.2, -0.15) is 5.26 Å². The first-order valence-electron chi connectivity index (χ1n) is 10.8. The highest BCUT2D eigenvalue weighted by Crippen LogP contribution is 2.25. The number of carbonyl (C=O) groups is 1. The van der Waals surface area contributed by atoms with Gasteiger partial charge in [-0.25, -0.2) is 4.99 Å². The molecule has 1 aliphatic rings. The van der Waals surface area contributed by atoms with Gasteiger partial charge in [-0.05, 0) is 42.2 Å². The van der Waals surface area contributed by atoms with E-state index in [2.05, 4.69) is 15.6 Å². The number of ether oxygens (including phenoxy) is 1. The number of likely N-dealkylation sites (tertiary alicyclic amines) is 1. The highest BCUT2D eigenvalue weighted by atomic mass is 35.5. The van der Waals surface area contributed by atoms with E-state index in [0.29, 0.717) is 41.5 Å². The van der Waals surface area contributed by atoms with Gasteiger partial charge in [-0.1, -0.05) is 47.5 Å². The lowest BCUT2D eigenvalue weighted by atomic mass is 10.0. The van der Waals surface area contributed by atoms with Gasteiger partial charge in [0.15, 0.2) is 6.19 Å². The van der Waals surface area contributed by atoms with E-state index in [9.17, 15) is 4.79 Å². The maximum Gasteiger partial charge on any atom is 0.223 e. The molecular formula is C24H26Cl2N6O2. The number of nitriles is 1. The topological polar surface area (TPSA) is 114 Å². The van der Waals surface area contributed by atoms with Crippen LogP contribution in [0.25, 0.3) is 0 Å². The molecule has 3 N–H and O–H groups in total. The summed E-state index contributed by atoms with van der Waals surface area (Å²) in [6.07, 6.45) is 3.71. The van der Waals surface area contributed by atoms with E-state index in [4.69, 9.17) is 38.6 Å². The summed E-state index contributed by atoms with van der Waals surface area (Å²) >= 11 is 12.2. The number of hydrogen-bond acceptors (Lipinski definition) is 5. The third-order valence-electron chi connectivity index (χ3n) is 5.53. The Morgan fingerprint density at radius 2 is 2.09 bits per heavy atom. The van der Waals surface area contributed by atoms with E-state index in [1.807, 2.05) is 30.5 Å². The van der Waals surface area contributed by atoms with Crippen LogP contribution in [-0.4, -0.2) is 55.3 Å². The lowest BCUT2D eigenvalue weighted by Crippen LogP contribution is -2.45. The minimum Gasteiger partial charge on any atom is -0.496 e. The Balaban J connectivity index is 1.75. The number of guanidine groups is 1. The number of aliphatic imine (C=N–C) groups is 1. The highest BCUT2D eigenvalue weighted by Gasteiger charge is 2.31. The fourth-order valence-electron chi connectivity index (χ4n) is 3.80. The molecule has 1 heterocycles.